The molecule has 5 heteroatoms. The summed E-state index contributed by atoms with van der Waals surface area (Å²) in [5.41, 5.74) is 0.861. The molecule has 0 fully saturated rings. The molecule has 0 saturated carbocycles. The molecule has 1 aromatic heterocycles. The van der Waals surface area contributed by atoms with Crippen LogP contribution >= 0.6 is 0 Å². The highest BCUT2D eigenvalue weighted by atomic mass is 16.5. The number of nitrogens with zero attached hydrogens (tertiary/aromatic N) is 1. The first-order chi connectivity index (χ1) is 8.16. The maximum absolute atomic E-state index is 11.6. The van der Waals surface area contributed by atoms with E-state index in [4.69, 9.17) is 4.52 Å². The van der Waals surface area contributed by atoms with Crippen molar-refractivity contribution in [2.75, 3.05) is 0 Å². The molecular weight excluding hydrogens is 220 g/mol. The summed E-state index contributed by atoms with van der Waals surface area (Å²) in [5.74, 6) is -0.178. The van der Waals surface area contributed by atoms with E-state index in [1.165, 1.54) is 11.7 Å². The molecular formula is C12H12N2O3. The lowest BCUT2D eigenvalue weighted by Gasteiger charge is -1.99. The minimum absolute atomic E-state index is 0.150. The fourth-order valence-corrected chi connectivity index (χ4v) is 1.46. The molecule has 0 aliphatic heterocycles. The zero-order valence-electron chi connectivity index (χ0n) is 9.34. The van der Waals surface area contributed by atoms with E-state index < -0.39 is 5.63 Å². The van der Waals surface area contributed by atoms with Crippen LogP contribution in [0.4, 0.5) is 0 Å². The Morgan fingerprint density at radius 3 is 2.71 bits per heavy atom. The van der Waals surface area contributed by atoms with Gasteiger partial charge in [-0.25, -0.2) is 4.79 Å². The molecule has 0 unspecified atom stereocenters. The lowest BCUT2D eigenvalue weighted by molar-refractivity contribution is -0.119. The molecule has 2 rings (SSSR count). The second kappa shape index (κ2) is 4.69. The molecule has 88 valence electrons. The molecule has 1 N–H and O–H groups in total. The maximum Gasteiger partial charge on any atom is 0.365 e. The normalized spacial score (nSPS) is 10.2. The third-order valence-electron chi connectivity index (χ3n) is 2.26. The van der Waals surface area contributed by atoms with Crippen LogP contribution in [0, 0.1) is 0 Å². The fourth-order valence-electron chi connectivity index (χ4n) is 1.46. The van der Waals surface area contributed by atoms with Crippen LogP contribution in [0.5, 0.6) is 0 Å². The highest BCUT2D eigenvalue weighted by Crippen LogP contribution is 2.14. The Bertz CT molecular complexity index is 569. The van der Waals surface area contributed by atoms with E-state index in [2.05, 4.69) is 5.32 Å². The van der Waals surface area contributed by atoms with Gasteiger partial charge in [-0.3, -0.25) is 4.79 Å². The Balaban J connectivity index is 2.26. The topological polar surface area (TPSA) is 64.2 Å². The van der Waals surface area contributed by atoms with Crippen molar-refractivity contribution in [3.05, 3.63) is 46.9 Å². The average molecular weight is 232 g/mol. The fraction of sp³-hybridized carbons (Fsp3) is 0.167. The summed E-state index contributed by atoms with van der Waals surface area (Å²) in [6, 6.07) is 9.23. The standard InChI is InChI=1S/C12H12N2O3/c1-9(15)13-8-14-7-11(12(16)17-14)10-5-3-2-4-6-10/h2-7H,8H2,1H3,(H,13,15). The monoisotopic (exact) mass is 232 g/mol. The van der Waals surface area contributed by atoms with Crippen molar-refractivity contribution >= 4 is 5.91 Å². The van der Waals surface area contributed by atoms with Crippen LogP contribution in [-0.4, -0.2) is 10.6 Å². The maximum atomic E-state index is 11.6. The Kier molecular flexibility index (Phi) is 3.09. The molecule has 0 saturated heterocycles. The number of carbonyl (C=O) groups excluding carboxylic acids is 1. The van der Waals surface area contributed by atoms with Crippen LogP contribution < -0.4 is 10.9 Å². The molecule has 17 heavy (non-hydrogen) atoms. The Hall–Kier alpha value is -2.30. The van der Waals surface area contributed by atoms with Gasteiger partial charge in [0, 0.05) is 6.92 Å². The summed E-state index contributed by atoms with van der Waals surface area (Å²) in [6.07, 6.45) is 1.58. The van der Waals surface area contributed by atoms with Gasteiger partial charge in [0.2, 0.25) is 5.91 Å². The van der Waals surface area contributed by atoms with Crippen molar-refractivity contribution in [1.82, 2.24) is 10.1 Å². The molecule has 0 aliphatic rings. The zero-order chi connectivity index (χ0) is 12.3. The Morgan fingerprint density at radius 2 is 2.06 bits per heavy atom. The van der Waals surface area contributed by atoms with E-state index in [0.29, 0.717) is 5.56 Å². The molecule has 1 heterocycles. The molecule has 1 aromatic carbocycles. The number of rotatable bonds is 3. The number of nitrogens with one attached hydrogen (secondary N) is 1. The predicted molar refractivity (Wildman–Crippen MR) is 62.2 cm³/mol. The summed E-state index contributed by atoms with van der Waals surface area (Å²) in [4.78, 5) is 22.3. The minimum Gasteiger partial charge on any atom is -0.336 e. The SMILES string of the molecule is CC(=O)NCn1cc(-c2ccccc2)c(=O)o1. The van der Waals surface area contributed by atoms with Gasteiger partial charge in [-0.15, -0.1) is 0 Å². The van der Waals surface area contributed by atoms with Gasteiger partial charge in [-0.1, -0.05) is 30.3 Å². The predicted octanol–water partition coefficient (Wildman–Crippen LogP) is 1.20. The van der Waals surface area contributed by atoms with Crippen LogP contribution in [0.2, 0.25) is 0 Å². The van der Waals surface area contributed by atoms with E-state index >= 15 is 0 Å². The first-order valence-electron chi connectivity index (χ1n) is 5.17. The number of hydrogen-bond donors (Lipinski definition) is 1. The van der Waals surface area contributed by atoms with Crippen molar-refractivity contribution in [3.63, 3.8) is 0 Å². The largest absolute Gasteiger partial charge is 0.365 e. The summed E-state index contributed by atoms with van der Waals surface area (Å²) < 4.78 is 6.26. The van der Waals surface area contributed by atoms with Crippen molar-refractivity contribution < 1.29 is 9.32 Å². The number of carbonyl (C=O) groups is 1. The quantitative estimate of drug-likeness (QED) is 0.864. The second-order valence-corrected chi connectivity index (χ2v) is 3.60. The smallest absolute Gasteiger partial charge is 0.336 e. The van der Waals surface area contributed by atoms with Crippen molar-refractivity contribution in [1.29, 1.82) is 0 Å². The van der Waals surface area contributed by atoms with Gasteiger partial charge in [0.1, 0.15) is 6.67 Å². The number of amides is 1. The first-order valence-corrected chi connectivity index (χ1v) is 5.17. The molecule has 0 atom stereocenters. The van der Waals surface area contributed by atoms with Crippen LogP contribution in [-0.2, 0) is 11.5 Å². The number of aromatic nitrogens is 1. The summed E-state index contributed by atoms with van der Waals surface area (Å²) in [6.45, 7) is 1.55. The van der Waals surface area contributed by atoms with E-state index in [-0.39, 0.29) is 12.6 Å². The Morgan fingerprint density at radius 1 is 1.35 bits per heavy atom. The highest BCUT2D eigenvalue weighted by Gasteiger charge is 2.08. The molecule has 0 aliphatic carbocycles. The van der Waals surface area contributed by atoms with Crippen molar-refractivity contribution in [2.24, 2.45) is 0 Å². The van der Waals surface area contributed by atoms with Gasteiger partial charge >= 0.3 is 5.63 Å². The molecule has 0 spiro atoms. The highest BCUT2D eigenvalue weighted by molar-refractivity contribution is 5.72. The van der Waals surface area contributed by atoms with Crippen LogP contribution in [0.3, 0.4) is 0 Å². The zero-order valence-corrected chi connectivity index (χ0v) is 9.34. The Labute approximate surface area is 97.6 Å². The van der Waals surface area contributed by atoms with E-state index in [1.807, 2.05) is 30.3 Å². The summed E-state index contributed by atoms with van der Waals surface area (Å²) in [7, 11) is 0. The van der Waals surface area contributed by atoms with Crippen LogP contribution in [0.25, 0.3) is 11.1 Å². The van der Waals surface area contributed by atoms with Crippen molar-refractivity contribution in [3.8, 4) is 11.1 Å². The average Bonchev–Trinajstić information content (AvgIpc) is 2.69. The van der Waals surface area contributed by atoms with Crippen molar-refractivity contribution in [2.45, 2.75) is 13.6 Å². The molecule has 5 nitrogen and oxygen atoms in total. The van der Waals surface area contributed by atoms with Gasteiger partial charge in [0.25, 0.3) is 0 Å². The summed E-state index contributed by atoms with van der Waals surface area (Å²) in [5, 5.41) is 2.55. The van der Waals surface area contributed by atoms with Gasteiger partial charge in [0.15, 0.2) is 0 Å². The van der Waals surface area contributed by atoms with Gasteiger partial charge in [-0.2, -0.15) is 4.74 Å². The first kappa shape index (κ1) is 11.2. The van der Waals surface area contributed by atoms with Gasteiger partial charge < -0.3 is 9.84 Å². The molecule has 0 radical (unpaired) electrons. The number of hydrogen-bond acceptors (Lipinski definition) is 3. The summed E-state index contributed by atoms with van der Waals surface area (Å²) >= 11 is 0. The molecule has 0 bridgehead atoms. The van der Waals surface area contributed by atoms with Crippen LogP contribution in [0.1, 0.15) is 6.92 Å². The van der Waals surface area contributed by atoms with E-state index in [0.717, 1.165) is 5.56 Å². The number of benzene rings is 1. The molecule has 2 aromatic rings. The lowest BCUT2D eigenvalue weighted by Crippen LogP contribution is -2.22. The van der Waals surface area contributed by atoms with E-state index in [9.17, 15) is 9.59 Å². The third-order valence-corrected chi connectivity index (χ3v) is 2.26. The van der Waals surface area contributed by atoms with E-state index in [1.54, 1.807) is 6.20 Å². The van der Waals surface area contributed by atoms with Gasteiger partial charge in [0.05, 0.1) is 11.8 Å². The lowest BCUT2D eigenvalue weighted by atomic mass is 10.1. The third kappa shape index (κ3) is 2.63. The minimum atomic E-state index is -0.415. The second-order valence-electron chi connectivity index (χ2n) is 3.60. The molecule has 1 amide bonds. The van der Waals surface area contributed by atoms with Crippen LogP contribution in [0.15, 0.2) is 45.8 Å². The van der Waals surface area contributed by atoms with Gasteiger partial charge in [-0.05, 0) is 5.56 Å².